The molecule has 0 heterocycles. The summed E-state index contributed by atoms with van der Waals surface area (Å²) < 4.78 is 5.63. The lowest BCUT2D eigenvalue weighted by Gasteiger charge is -2.31. The molecule has 5 nitrogen and oxygen atoms in total. The van der Waals surface area contributed by atoms with Crippen molar-refractivity contribution in [1.29, 1.82) is 0 Å². The summed E-state index contributed by atoms with van der Waals surface area (Å²) >= 11 is 18.1. The van der Waals surface area contributed by atoms with Crippen molar-refractivity contribution >= 4 is 46.6 Å². The van der Waals surface area contributed by atoms with E-state index in [1.165, 1.54) is 4.90 Å². The normalized spacial score (nSPS) is 11.8. The first-order valence-corrected chi connectivity index (χ1v) is 11.2. The van der Waals surface area contributed by atoms with Crippen LogP contribution in [0.1, 0.15) is 32.8 Å². The second kappa shape index (κ2) is 12.2. The predicted molar refractivity (Wildman–Crippen MR) is 126 cm³/mol. The maximum Gasteiger partial charge on any atom is 0.261 e. The molecule has 0 spiro atoms. The summed E-state index contributed by atoms with van der Waals surface area (Å²) in [4.78, 5) is 27.5. The van der Waals surface area contributed by atoms with Gasteiger partial charge in [0.15, 0.2) is 6.61 Å². The van der Waals surface area contributed by atoms with E-state index in [4.69, 9.17) is 39.5 Å². The number of amides is 2. The zero-order valence-corrected chi connectivity index (χ0v) is 20.1. The highest BCUT2D eigenvalue weighted by Gasteiger charge is 2.29. The van der Waals surface area contributed by atoms with Crippen LogP contribution < -0.4 is 10.1 Å². The van der Waals surface area contributed by atoms with Crippen LogP contribution in [-0.4, -0.2) is 35.9 Å². The standard InChI is InChI=1S/C23H27Cl3N2O3/c1-4-21(23(30)27-12-15(2)3)28(13-16-8-9-19(25)20(26)10-16)22(29)14-31-18-7-5-6-17(24)11-18/h5-11,15,21H,4,12-14H2,1-3H3,(H,27,30). The van der Waals surface area contributed by atoms with E-state index < -0.39 is 6.04 Å². The zero-order chi connectivity index (χ0) is 23.0. The second-order valence-electron chi connectivity index (χ2n) is 7.58. The molecule has 1 unspecified atom stereocenters. The van der Waals surface area contributed by atoms with Crippen molar-refractivity contribution < 1.29 is 14.3 Å². The number of hydrogen-bond acceptors (Lipinski definition) is 3. The van der Waals surface area contributed by atoms with Gasteiger partial charge >= 0.3 is 0 Å². The van der Waals surface area contributed by atoms with Crippen molar-refractivity contribution in [3.63, 3.8) is 0 Å². The van der Waals surface area contributed by atoms with Crippen LogP contribution in [0.25, 0.3) is 0 Å². The lowest BCUT2D eigenvalue weighted by molar-refractivity contribution is -0.143. The van der Waals surface area contributed by atoms with Crippen LogP contribution in [0, 0.1) is 5.92 Å². The molecule has 168 valence electrons. The van der Waals surface area contributed by atoms with Crippen LogP contribution in [0.2, 0.25) is 15.1 Å². The summed E-state index contributed by atoms with van der Waals surface area (Å²) in [6, 6.07) is 11.3. The molecule has 2 amide bonds. The largest absolute Gasteiger partial charge is 0.484 e. The molecule has 0 aliphatic carbocycles. The fraction of sp³-hybridized carbons (Fsp3) is 0.391. The van der Waals surface area contributed by atoms with Gasteiger partial charge in [0.25, 0.3) is 5.91 Å². The minimum Gasteiger partial charge on any atom is -0.484 e. The number of nitrogens with one attached hydrogen (secondary N) is 1. The molecule has 0 aromatic heterocycles. The van der Waals surface area contributed by atoms with E-state index in [0.717, 1.165) is 5.56 Å². The quantitative estimate of drug-likeness (QED) is 0.476. The van der Waals surface area contributed by atoms with Crippen molar-refractivity contribution in [2.45, 2.75) is 39.8 Å². The number of benzene rings is 2. The number of rotatable bonds is 10. The summed E-state index contributed by atoms with van der Waals surface area (Å²) in [6.45, 7) is 6.39. The van der Waals surface area contributed by atoms with E-state index in [1.807, 2.05) is 20.8 Å². The van der Waals surface area contributed by atoms with E-state index >= 15 is 0 Å². The highest BCUT2D eigenvalue weighted by molar-refractivity contribution is 6.42. The third kappa shape index (κ3) is 7.91. The number of ether oxygens (including phenoxy) is 1. The molecule has 0 fully saturated rings. The van der Waals surface area contributed by atoms with E-state index in [2.05, 4.69) is 5.32 Å². The maximum atomic E-state index is 13.1. The zero-order valence-electron chi connectivity index (χ0n) is 17.8. The number of carbonyl (C=O) groups is 2. The predicted octanol–water partition coefficient (Wildman–Crippen LogP) is 5.61. The fourth-order valence-electron chi connectivity index (χ4n) is 2.96. The van der Waals surface area contributed by atoms with Crippen molar-refractivity contribution in [3.05, 3.63) is 63.1 Å². The molecule has 0 bridgehead atoms. The average molecular weight is 486 g/mol. The van der Waals surface area contributed by atoms with Gasteiger partial charge in [-0.25, -0.2) is 0 Å². The van der Waals surface area contributed by atoms with Gasteiger partial charge in [-0.05, 0) is 48.2 Å². The summed E-state index contributed by atoms with van der Waals surface area (Å²) in [5, 5.41) is 4.24. The minimum atomic E-state index is -0.649. The van der Waals surface area contributed by atoms with Gasteiger partial charge in [-0.15, -0.1) is 0 Å². The molecule has 2 rings (SSSR count). The molecule has 2 aromatic carbocycles. The molecule has 1 N–H and O–H groups in total. The Labute approximate surface area is 198 Å². The summed E-state index contributed by atoms with van der Waals surface area (Å²) in [7, 11) is 0. The van der Waals surface area contributed by atoms with E-state index in [0.29, 0.717) is 39.7 Å². The van der Waals surface area contributed by atoms with Gasteiger partial charge < -0.3 is 15.0 Å². The molecular formula is C23H27Cl3N2O3. The molecular weight excluding hydrogens is 459 g/mol. The SMILES string of the molecule is CCC(C(=O)NCC(C)C)N(Cc1ccc(Cl)c(Cl)c1)C(=O)COc1cccc(Cl)c1. The van der Waals surface area contributed by atoms with Crippen molar-refractivity contribution in [3.8, 4) is 5.75 Å². The molecule has 2 aromatic rings. The second-order valence-corrected chi connectivity index (χ2v) is 8.83. The molecule has 1 atom stereocenters. The van der Waals surface area contributed by atoms with Crippen LogP contribution in [0.5, 0.6) is 5.75 Å². The van der Waals surface area contributed by atoms with Crippen LogP contribution in [0.4, 0.5) is 0 Å². The number of hydrogen-bond donors (Lipinski definition) is 1. The van der Waals surface area contributed by atoms with Gasteiger partial charge in [-0.3, -0.25) is 9.59 Å². The van der Waals surface area contributed by atoms with E-state index in [1.54, 1.807) is 42.5 Å². The smallest absolute Gasteiger partial charge is 0.261 e. The summed E-state index contributed by atoms with van der Waals surface area (Å²) in [6.07, 6.45) is 0.453. The Bertz CT molecular complexity index is 905. The first-order valence-electron chi connectivity index (χ1n) is 10.1. The molecule has 31 heavy (non-hydrogen) atoms. The van der Waals surface area contributed by atoms with Gasteiger partial charge in [0.1, 0.15) is 11.8 Å². The van der Waals surface area contributed by atoms with Gasteiger partial charge in [0.2, 0.25) is 5.91 Å². The number of nitrogens with zero attached hydrogens (tertiary/aromatic N) is 1. The Morgan fingerprint density at radius 2 is 1.81 bits per heavy atom. The monoisotopic (exact) mass is 484 g/mol. The third-order valence-electron chi connectivity index (χ3n) is 4.57. The first kappa shape index (κ1) is 25.3. The van der Waals surface area contributed by atoms with Crippen LogP contribution >= 0.6 is 34.8 Å². The Hall–Kier alpha value is -1.95. The van der Waals surface area contributed by atoms with Crippen molar-refractivity contribution in [2.24, 2.45) is 5.92 Å². The first-order chi connectivity index (χ1) is 14.7. The Kier molecular flexibility index (Phi) is 9.94. The Morgan fingerprint density at radius 1 is 1.06 bits per heavy atom. The van der Waals surface area contributed by atoms with E-state index in [-0.39, 0.29) is 25.0 Å². The van der Waals surface area contributed by atoms with Crippen LogP contribution in [-0.2, 0) is 16.1 Å². The number of halogens is 3. The summed E-state index contributed by atoms with van der Waals surface area (Å²) in [5.74, 6) is 0.254. The highest BCUT2D eigenvalue weighted by Crippen LogP contribution is 2.24. The van der Waals surface area contributed by atoms with Gasteiger partial charge in [0, 0.05) is 18.1 Å². The molecule has 0 saturated carbocycles. The molecule has 8 heteroatoms. The van der Waals surface area contributed by atoms with Crippen molar-refractivity contribution in [1.82, 2.24) is 10.2 Å². The van der Waals surface area contributed by atoms with E-state index in [9.17, 15) is 9.59 Å². The van der Waals surface area contributed by atoms with Crippen molar-refractivity contribution in [2.75, 3.05) is 13.2 Å². The van der Waals surface area contributed by atoms with Crippen LogP contribution in [0.15, 0.2) is 42.5 Å². The molecule has 0 radical (unpaired) electrons. The highest BCUT2D eigenvalue weighted by atomic mass is 35.5. The minimum absolute atomic E-state index is 0.197. The lowest BCUT2D eigenvalue weighted by Crippen LogP contribution is -2.50. The molecule has 0 saturated heterocycles. The molecule has 0 aliphatic heterocycles. The Morgan fingerprint density at radius 3 is 2.42 bits per heavy atom. The average Bonchev–Trinajstić information content (AvgIpc) is 2.73. The lowest BCUT2D eigenvalue weighted by atomic mass is 10.1. The summed E-state index contributed by atoms with van der Waals surface area (Å²) in [5.41, 5.74) is 0.764. The van der Waals surface area contributed by atoms with Gasteiger partial charge in [-0.1, -0.05) is 67.7 Å². The van der Waals surface area contributed by atoms with Gasteiger partial charge in [-0.2, -0.15) is 0 Å². The Balaban J connectivity index is 2.22. The van der Waals surface area contributed by atoms with Gasteiger partial charge in [0.05, 0.1) is 10.0 Å². The molecule has 0 aliphatic rings. The fourth-order valence-corrected chi connectivity index (χ4v) is 3.46. The topological polar surface area (TPSA) is 58.6 Å². The maximum absolute atomic E-state index is 13.1. The number of carbonyl (C=O) groups excluding carboxylic acids is 2. The third-order valence-corrected chi connectivity index (χ3v) is 5.54. The van der Waals surface area contributed by atoms with Crippen LogP contribution in [0.3, 0.4) is 0 Å².